The van der Waals surface area contributed by atoms with E-state index in [1.807, 2.05) is 37.2 Å². The van der Waals surface area contributed by atoms with E-state index in [0.717, 1.165) is 44.1 Å². The molecule has 4 heteroatoms. The zero-order chi connectivity index (χ0) is 23.9. The van der Waals surface area contributed by atoms with Gasteiger partial charge in [-0.15, -0.1) is 12.3 Å². The molecular formula is C29H36FNO2. The van der Waals surface area contributed by atoms with Gasteiger partial charge in [0.05, 0.1) is 11.8 Å². The fourth-order valence-corrected chi connectivity index (χ4v) is 7.02. The molecule has 4 aliphatic rings. The molecule has 5 atom stereocenters. The lowest BCUT2D eigenvalue weighted by atomic mass is 9.53. The second-order valence-electron chi connectivity index (χ2n) is 10.6. The number of hydrogen-bond acceptors (Lipinski definition) is 3. The molecule has 3 nitrogen and oxygen atoms in total. The van der Waals surface area contributed by atoms with Gasteiger partial charge in [-0.05, 0) is 97.6 Å². The highest BCUT2D eigenvalue weighted by Crippen LogP contribution is 2.63. The third-order valence-corrected chi connectivity index (χ3v) is 8.54. The van der Waals surface area contributed by atoms with Gasteiger partial charge in [-0.25, -0.2) is 4.39 Å². The molecule has 2 fully saturated rings. The Hall–Kier alpha value is -2.38. The largest absolute Gasteiger partial charge is 0.393 e. The molecule has 0 amide bonds. The maximum atomic E-state index is 14.4. The van der Waals surface area contributed by atoms with Crippen LogP contribution in [0, 0.1) is 35.4 Å². The van der Waals surface area contributed by atoms with Crippen LogP contribution in [-0.2, 0) is 4.79 Å². The molecule has 5 rings (SSSR count). The van der Waals surface area contributed by atoms with E-state index >= 15 is 0 Å². The van der Waals surface area contributed by atoms with E-state index in [-0.39, 0.29) is 29.0 Å². The summed E-state index contributed by atoms with van der Waals surface area (Å²) in [5, 5.41) is 11.0. The third kappa shape index (κ3) is 4.06. The van der Waals surface area contributed by atoms with Crippen molar-refractivity contribution in [3.63, 3.8) is 0 Å². The molecule has 0 radical (unpaired) electrons. The number of fused-ring (bicyclic) bond motifs is 4. The van der Waals surface area contributed by atoms with Crippen LogP contribution in [-0.4, -0.2) is 31.1 Å². The number of nitrogens with zero attached hydrogens (tertiary/aromatic N) is 1. The number of aliphatic hydroxyl groups is 1. The van der Waals surface area contributed by atoms with Crippen LogP contribution in [0.3, 0.4) is 0 Å². The highest BCUT2D eigenvalue weighted by molar-refractivity contribution is 5.93. The van der Waals surface area contributed by atoms with Crippen LogP contribution >= 0.6 is 0 Å². The van der Waals surface area contributed by atoms with Crippen LogP contribution in [0.4, 0.5) is 10.1 Å². The SMILES string of the molecule is C#CC.CN(C)c1cc(C2CC3(C)C(O)CCC3C3CCC4=CC(=O)CCC4=C23)ccc1F. The molecule has 176 valence electrons. The van der Waals surface area contributed by atoms with Gasteiger partial charge < -0.3 is 10.0 Å². The van der Waals surface area contributed by atoms with Crippen LogP contribution in [0.1, 0.15) is 70.3 Å². The maximum absolute atomic E-state index is 14.4. The van der Waals surface area contributed by atoms with E-state index in [0.29, 0.717) is 23.9 Å². The number of carbonyl (C=O) groups excluding carboxylic acids is 1. The van der Waals surface area contributed by atoms with Crippen LogP contribution in [0.25, 0.3) is 0 Å². The molecule has 0 heterocycles. The Bertz CT molecular complexity index is 1050. The van der Waals surface area contributed by atoms with Crippen molar-refractivity contribution in [2.75, 3.05) is 19.0 Å². The van der Waals surface area contributed by atoms with Gasteiger partial charge in [-0.2, -0.15) is 0 Å². The van der Waals surface area contributed by atoms with Crippen molar-refractivity contribution in [2.45, 2.75) is 70.8 Å². The van der Waals surface area contributed by atoms with Crippen LogP contribution in [0.15, 0.2) is 41.0 Å². The molecule has 1 aromatic rings. The number of ketones is 1. The average Bonchev–Trinajstić information content (AvgIpc) is 3.08. The second kappa shape index (κ2) is 9.11. The maximum Gasteiger partial charge on any atom is 0.156 e. The minimum atomic E-state index is -0.268. The molecule has 5 unspecified atom stereocenters. The summed E-state index contributed by atoms with van der Waals surface area (Å²) in [6, 6.07) is 5.53. The molecule has 0 aromatic heterocycles. The molecule has 33 heavy (non-hydrogen) atoms. The number of aliphatic hydroxyl groups excluding tert-OH is 1. The summed E-state index contributed by atoms with van der Waals surface area (Å²) < 4.78 is 14.4. The minimum Gasteiger partial charge on any atom is -0.393 e. The van der Waals surface area contributed by atoms with E-state index in [2.05, 4.69) is 19.3 Å². The topological polar surface area (TPSA) is 40.5 Å². The van der Waals surface area contributed by atoms with Crippen molar-refractivity contribution >= 4 is 11.5 Å². The Labute approximate surface area is 197 Å². The monoisotopic (exact) mass is 449 g/mol. The summed E-state index contributed by atoms with van der Waals surface area (Å²) in [5.74, 6) is 3.43. The van der Waals surface area contributed by atoms with E-state index in [1.54, 1.807) is 13.0 Å². The van der Waals surface area contributed by atoms with Gasteiger partial charge in [0.2, 0.25) is 0 Å². The van der Waals surface area contributed by atoms with Gasteiger partial charge in [-0.3, -0.25) is 4.79 Å². The first kappa shape index (κ1) is 23.8. The summed E-state index contributed by atoms with van der Waals surface area (Å²) in [6.07, 6.45) is 12.5. The predicted molar refractivity (Wildman–Crippen MR) is 132 cm³/mol. The molecule has 0 aliphatic heterocycles. The molecule has 0 saturated heterocycles. The fraction of sp³-hybridized carbons (Fsp3) is 0.552. The smallest absolute Gasteiger partial charge is 0.156 e. The van der Waals surface area contributed by atoms with E-state index in [9.17, 15) is 14.3 Å². The molecule has 4 aliphatic carbocycles. The van der Waals surface area contributed by atoms with Crippen molar-refractivity contribution in [3.05, 3.63) is 52.4 Å². The Balaban J connectivity index is 0.000000821. The van der Waals surface area contributed by atoms with Crippen molar-refractivity contribution in [2.24, 2.45) is 17.3 Å². The van der Waals surface area contributed by atoms with Gasteiger partial charge in [-0.1, -0.05) is 18.6 Å². The zero-order valence-electron chi connectivity index (χ0n) is 20.3. The Morgan fingerprint density at radius 2 is 1.91 bits per heavy atom. The van der Waals surface area contributed by atoms with E-state index in [1.165, 1.54) is 16.7 Å². The lowest BCUT2D eigenvalue weighted by Crippen LogP contribution is -2.45. The molecule has 0 spiro atoms. The van der Waals surface area contributed by atoms with Crippen molar-refractivity contribution in [1.29, 1.82) is 0 Å². The molecule has 0 bridgehead atoms. The van der Waals surface area contributed by atoms with Gasteiger partial charge in [0.1, 0.15) is 5.82 Å². The number of anilines is 1. The Kier molecular flexibility index (Phi) is 6.56. The average molecular weight is 450 g/mol. The number of carbonyl (C=O) groups is 1. The lowest BCUT2D eigenvalue weighted by Gasteiger charge is -2.52. The summed E-state index contributed by atoms with van der Waals surface area (Å²) in [7, 11) is 3.75. The number of rotatable bonds is 2. The zero-order valence-corrected chi connectivity index (χ0v) is 20.3. The third-order valence-electron chi connectivity index (χ3n) is 8.54. The van der Waals surface area contributed by atoms with Crippen LogP contribution < -0.4 is 4.90 Å². The number of halogens is 1. The Morgan fingerprint density at radius 1 is 1.18 bits per heavy atom. The number of hydrogen-bond donors (Lipinski definition) is 1. The number of benzene rings is 1. The molecule has 1 N–H and O–H groups in total. The van der Waals surface area contributed by atoms with Crippen molar-refractivity contribution < 1.29 is 14.3 Å². The van der Waals surface area contributed by atoms with Gasteiger partial charge in [0, 0.05) is 26.4 Å². The van der Waals surface area contributed by atoms with Crippen molar-refractivity contribution in [1.82, 2.24) is 0 Å². The van der Waals surface area contributed by atoms with E-state index < -0.39 is 0 Å². The fourth-order valence-electron chi connectivity index (χ4n) is 7.02. The van der Waals surface area contributed by atoms with Gasteiger partial charge >= 0.3 is 0 Å². The molecular weight excluding hydrogens is 413 g/mol. The normalized spacial score (nSPS) is 32.5. The summed E-state index contributed by atoms with van der Waals surface area (Å²) in [6.45, 7) is 3.93. The predicted octanol–water partition coefficient (Wildman–Crippen LogP) is 5.79. The first-order chi connectivity index (χ1) is 15.7. The van der Waals surface area contributed by atoms with Crippen LogP contribution in [0.2, 0.25) is 0 Å². The highest BCUT2D eigenvalue weighted by atomic mass is 19.1. The Morgan fingerprint density at radius 3 is 2.61 bits per heavy atom. The second-order valence-corrected chi connectivity index (χ2v) is 10.6. The minimum absolute atomic E-state index is 0.0994. The van der Waals surface area contributed by atoms with E-state index in [4.69, 9.17) is 0 Å². The first-order valence-corrected chi connectivity index (χ1v) is 12.2. The first-order valence-electron chi connectivity index (χ1n) is 12.2. The summed E-state index contributed by atoms with van der Waals surface area (Å²) >= 11 is 0. The summed E-state index contributed by atoms with van der Waals surface area (Å²) in [5.41, 5.74) is 5.78. The number of allylic oxidation sites excluding steroid dienone is 4. The van der Waals surface area contributed by atoms with Crippen LogP contribution in [0.5, 0.6) is 0 Å². The van der Waals surface area contributed by atoms with Gasteiger partial charge in [0.15, 0.2) is 5.78 Å². The molecule has 2 saturated carbocycles. The van der Waals surface area contributed by atoms with Gasteiger partial charge in [0.25, 0.3) is 0 Å². The quantitative estimate of drug-likeness (QED) is 0.581. The standard InChI is InChI=1S/C26H32FNO2.C3H4/c1-26-14-20(16-5-10-22(27)23(13-16)28(2)3)25-18-8-6-17(29)12-15(18)4-7-19(25)21(26)9-11-24(26)30;1-3-2/h5,10,12-13,19-21,24,30H,4,6-9,11,14H2,1-3H3;1H,2H3. The van der Waals surface area contributed by atoms with Crippen molar-refractivity contribution in [3.8, 4) is 12.3 Å². The number of terminal acetylenes is 1. The molecule has 1 aromatic carbocycles. The summed E-state index contributed by atoms with van der Waals surface area (Å²) in [4.78, 5) is 13.9. The lowest BCUT2D eigenvalue weighted by molar-refractivity contribution is -0.114. The highest BCUT2D eigenvalue weighted by Gasteiger charge is 2.56.